The summed E-state index contributed by atoms with van der Waals surface area (Å²) in [4.78, 5) is 11.4. The fourth-order valence-electron chi connectivity index (χ4n) is 3.41. The Morgan fingerprint density at radius 2 is 1.88 bits per heavy atom. The molecular formula is C15H12ClF4N5O. The first-order chi connectivity index (χ1) is 12.3. The highest BCUT2D eigenvalue weighted by Gasteiger charge is 2.39. The molecule has 1 aliphatic carbocycles. The van der Waals surface area contributed by atoms with E-state index in [9.17, 15) is 17.6 Å². The van der Waals surface area contributed by atoms with Gasteiger partial charge in [-0.1, -0.05) is 16.8 Å². The summed E-state index contributed by atoms with van der Waals surface area (Å²) in [5.74, 6) is -2.00. The summed E-state index contributed by atoms with van der Waals surface area (Å²) >= 11 is 5.93. The monoisotopic (exact) mass is 389 g/mol. The fourth-order valence-corrected chi connectivity index (χ4v) is 3.63. The zero-order valence-electron chi connectivity index (χ0n) is 13.2. The zero-order valence-corrected chi connectivity index (χ0v) is 13.9. The van der Waals surface area contributed by atoms with E-state index in [2.05, 4.69) is 24.6 Å². The lowest BCUT2D eigenvalue weighted by molar-refractivity contribution is -0.159. The topological polar surface area (TPSA) is 69.6 Å². The summed E-state index contributed by atoms with van der Waals surface area (Å²) in [6, 6.07) is -0.0433. The van der Waals surface area contributed by atoms with Gasteiger partial charge in [0.2, 0.25) is 0 Å². The first-order valence-corrected chi connectivity index (χ1v) is 8.29. The standard InChI is InChI=1S/C15H12ClF4N5O/c16-11-10-9(17)5-25(13(10)22-6-21-11)8-3-1-7(2-4-8)12-23-14(26-24-12)15(18,19)20/h5-8H,1-4H2. The average molecular weight is 390 g/mol. The van der Waals surface area contributed by atoms with Crippen LogP contribution < -0.4 is 0 Å². The van der Waals surface area contributed by atoms with E-state index in [1.165, 1.54) is 12.5 Å². The Bertz CT molecular complexity index is 945. The smallest absolute Gasteiger partial charge is 0.329 e. The lowest BCUT2D eigenvalue weighted by Crippen LogP contribution is -2.18. The molecule has 0 atom stereocenters. The van der Waals surface area contributed by atoms with Crippen LogP contribution in [-0.4, -0.2) is 24.7 Å². The quantitative estimate of drug-likeness (QED) is 0.476. The Balaban J connectivity index is 1.52. The van der Waals surface area contributed by atoms with Gasteiger partial charge in [-0.2, -0.15) is 18.2 Å². The van der Waals surface area contributed by atoms with Crippen molar-refractivity contribution in [2.24, 2.45) is 0 Å². The highest BCUT2D eigenvalue weighted by atomic mass is 35.5. The second kappa shape index (κ2) is 6.19. The summed E-state index contributed by atoms with van der Waals surface area (Å²) in [6.07, 6.45) is 0.305. The molecular weight excluding hydrogens is 378 g/mol. The van der Waals surface area contributed by atoms with Crippen molar-refractivity contribution in [2.75, 3.05) is 0 Å². The Labute approximate surface area is 149 Å². The number of hydrogen-bond acceptors (Lipinski definition) is 5. The molecule has 0 unspecified atom stereocenters. The zero-order chi connectivity index (χ0) is 18.5. The van der Waals surface area contributed by atoms with Crippen LogP contribution in [0, 0.1) is 5.82 Å². The van der Waals surface area contributed by atoms with E-state index in [1.54, 1.807) is 4.57 Å². The second-order valence-corrected chi connectivity index (χ2v) is 6.57. The van der Waals surface area contributed by atoms with E-state index in [1.807, 2.05) is 0 Å². The van der Waals surface area contributed by atoms with Crippen LogP contribution in [0.15, 0.2) is 17.0 Å². The van der Waals surface area contributed by atoms with Gasteiger partial charge in [0, 0.05) is 18.2 Å². The average Bonchev–Trinajstić information content (AvgIpc) is 3.21. The fraction of sp³-hybridized carbons (Fsp3) is 0.467. The van der Waals surface area contributed by atoms with Gasteiger partial charge in [0.15, 0.2) is 11.6 Å². The van der Waals surface area contributed by atoms with Gasteiger partial charge in [-0.3, -0.25) is 0 Å². The maximum atomic E-state index is 14.2. The summed E-state index contributed by atoms with van der Waals surface area (Å²) in [5, 5.41) is 3.68. The van der Waals surface area contributed by atoms with E-state index in [4.69, 9.17) is 11.6 Å². The van der Waals surface area contributed by atoms with E-state index < -0.39 is 17.9 Å². The highest BCUT2D eigenvalue weighted by molar-refractivity contribution is 6.34. The third-order valence-corrected chi connectivity index (χ3v) is 4.94. The van der Waals surface area contributed by atoms with Crippen molar-refractivity contribution in [3.8, 4) is 0 Å². The lowest BCUT2D eigenvalue weighted by Gasteiger charge is -2.28. The molecule has 4 rings (SSSR count). The number of hydrogen-bond donors (Lipinski definition) is 0. The molecule has 0 radical (unpaired) electrons. The molecule has 0 bridgehead atoms. The number of nitrogens with zero attached hydrogens (tertiary/aromatic N) is 5. The van der Waals surface area contributed by atoms with Gasteiger partial charge in [0.1, 0.15) is 17.1 Å². The van der Waals surface area contributed by atoms with Crippen molar-refractivity contribution >= 4 is 22.6 Å². The van der Waals surface area contributed by atoms with Crippen molar-refractivity contribution in [3.05, 3.63) is 35.2 Å². The number of alkyl halides is 3. The van der Waals surface area contributed by atoms with E-state index >= 15 is 0 Å². The summed E-state index contributed by atoms with van der Waals surface area (Å²) in [5.41, 5.74) is 0.407. The molecule has 138 valence electrons. The van der Waals surface area contributed by atoms with Gasteiger partial charge >= 0.3 is 12.1 Å². The molecule has 0 N–H and O–H groups in total. The molecule has 3 aromatic rings. The van der Waals surface area contributed by atoms with Crippen LogP contribution in [0.2, 0.25) is 5.15 Å². The van der Waals surface area contributed by atoms with Crippen LogP contribution in [0.1, 0.15) is 49.4 Å². The molecule has 3 aromatic heterocycles. The van der Waals surface area contributed by atoms with Crippen LogP contribution in [0.5, 0.6) is 0 Å². The van der Waals surface area contributed by atoms with Gasteiger partial charge in [0.05, 0.1) is 5.39 Å². The first-order valence-electron chi connectivity index (χ1n) is 7.92. The van der Waals surface area contributed by atoms with Gasteiger partial charge in [-0.15, -0.1) is 0 Å². The Morgan fingerprint density at radius 1 is 1.15 bits per heavy atom. The van der Waals surface area contributed by atoms with Crippen LogP contribution in [0.25, 0.3) is 11.0 Å². The molecule has 0 amide bonds. The number of aromatic nitrogens is 5. The lowest BCUT2D eigenvalue weighted by atomic mass is 9.85. The summed E-state index contributed by atoms with van der Waals surface area (Å²) in [7, 11) is 0. The van der Waals surface area contributed by atoms with E-state index in [-0.39, 0.29) is 28.3 Å². The molecule has 0 saturated heterocycles. The molecule has 11 heteroatoms. The third kappa shape index (κ3) is 2.91. The minimum atomic E-state index is -4.65. The van der Waals surface area contributed by atoms with Gasteiger partial charge in [0.25, 0.3) is 0 Å². The highest BCUT2D eigenvalue weighted by Crippen LogP contribution is 2.40. The Hall–Kier alpha value is -2.23. The minimum absolute atomic E-state index is 0.0433. The van der Waals surface area contributed by atoms with E-state index in [0.717, 1.165) is 0 Å². The van der Waals surface area contributed by atoms with Crippen LogP contribution in [0.4, 0.5) is 17.6 Å². The van der Waals surface area contributed by atoms with Crippen LogP contribution in [0.3, 0.4) is 0 Å². The van der Waals surface area contributed by atoms with Crippen molar-refractivity contribution in [1.82, 2.24) is 24.7 Å². The van der Waals surface area contributed by atoms with Gasteiger partial charge in [-0.25, -0.2) is 14.4 Å². The molecule has 6 nitrogen and oxygen atoms in total. The van der Waals surface area contributed by atoms with Crippen molar-refractivity contribution in [1.29, 1.82) is 0 Å². The van der Waals surface area contributed by atoms with E-state index in [0.29, 0.717) is 31.3 Å². The van der Waals surface area contributed by atoms with Gasteiger partial charge < -0.3 is 9.09 Å². The normalized spacial score (nSPS) is 21.4. The van der Waals surface area contributed by atoms with Crippen molar-refractivity contribution in [2.45, 2.75) is 43.8 Å². The molecule has 1 fully saturated rings. The van der Waals surface area contributed by atoms with Gasteiger partial charge in [-0.05, 0) is 25.7 Å². The molecule has 1 aliphatic rings. The maximum absolute atomic E-state index is 14.2. The largest absolute Gasteiger partial charge is 0.471 e. The molecule has 3 heterocycles. The summed E-state index contributed by atoms with van der Waals surface area (Å²) < 4.78 is 57.9. The predicted octanol–water partition coefficient (Wildman–Crippen LogP) is 4.52. The molecule has 0 aromatic carbocycles. The Morgan fingerprint density at radius 3 is 2.54 bits per heavy atom. The molecule has 0 aliphatic heterocycles. The third-order valence-electron chi connectivity index (χ3n) is 4.66. The SMILES string of the molecule is Fc1cn(C2CCC(c3noc(C(F)(F)F)n3)CC2)c2ncnc(Cl)c12. The Kier molecular flexibility index (Phi) is 4.09. The number of rotatable bonds is 2. The molecule has 0 spiro atoms. The van der Waals surface area contributed by atoms with Crippen LogP contribution >= 0.6 is 11.6 Å². The maximum Gasteiger partial charge on any atom is 0.471 e. The number of halogens is 5. The predicted molar refractivity (Wildman–Crippen MR) is 82.0 cm³/mol. The molecule has 1 saturated carbocycles. The minimum Gasteiger partial charge on any atom is -0.329 e. The first kappa shape index (κ1) is 17.2. The van der Waals surface area contributed by atoms with Crippen LogP contribution in [-0.2, 0) is 6.18 Å². The number of fused-ring (bicyclic) bond motifs is 1. The van der Waals surface area contributed by atoms with Crippen molar-refractivity contribution in [3.63, 3.8) is 0 Å². The summed E-state index contributed by atoms with van der Waals surface area (Å²) in [6.45, 7) is 0. The molecule has 26 heavy (non-hydrogen) atoms. The van der Waals surface area contributed by atoms with Crippen molar-refractivity contribution < 1.29 is 22.1 Å². The second-order valence-electron chi connectivity index (χ2n) is 6.21.